The molecule has 3 heteroatoms. The van der Waals surface area contributed by atoms with E-state index < -0.39 is 11.5 Å². The third-order valence-corrected chi connectivity index (χ3v) is 1.59. The van der Waals surface area contributed by atoms with Gasteiger partial charge in [0.15, 0.2) is 0 Å². The van der Waals surface area contributed by atoms with Gasteiger partial charge in [-0.1, -0.05) is 19.8 Å². The third-order valence-electron chi connectivity index (χ3n) is 1.59. The normalized spacial score (nSPS) is 10.1. The molecule has 0 radical (unpaired) electrons. The van der Waals surface area contributed by atoms with Gasteiger partial charge < -0.3 is 10.8 Å². The summed E-state index contributed by atoms with van der Waals surface area (Å²) in [6, 6.07) is 0. The smallest absolute Gasteiger partial charge is 0.293 e. The van der Waals surface area contributed by atoms with E-state index in [1.165, 1.54) is 0 Å². The second-order valence-electron chi connectivity index (χ2n) is 2.35. The van der Waals surface area contributed by atoms with E-state index in [2.05, 4.69) is 11.8 Å². The van der Waals surface area contributed by atoms with E-state index in [0.29, 0.717) is 12.8 Å². The minimum Gasteiger partial charge on any atom is -0.378 e. The van der Waals surface area contributed by atoms with Crippen molar-refractivity contribution in [3.63, 3.8) is 0 Å². The molecule has 0 fully saturated rings. The first-order valence-electron chi connectivity index (χ1n) is 3.59. The zero-order valence-corrected chi connectivity index (χ0v) is 6.85. The summed E-state index contributed by atoms with van der Waals surface area (Å²) in [4.78, 5) is 10.2. The van der Waals surface area contributed by atoms with Crippen LogP contribution in [0.3, 0.4) is 0 Å². The van der Waals surface area contributed by atoms with E-state index in [0.717, 1.165) is 0 Å². The average molecular weight is 155 g/mol. The van der Waals surface area contributed by atoms with Crippen molar-refractivity contribution in [2.24, 2.45) is 5.73 Å². The van der Waals surface area contributed by atoms with E-state index in [9.17, 15) is 9.90 Å². The van der Waals surface area contributed by atoms with Crippen LogP contribution in [0.25, 0.3) is 0 Å². The number of aliphatic hydroxyl groups is 1. The van der Waals surface area contributed by atoms with Crippen LogP contribution in [0.15, 0.2) is 0 Å². The maximum absolute atomic E-state index is 10.2. The van der Waals surface area contributed by atoms with Gasteiger partial charge in [-0.3, -0.25) is 4.79 Å². The Balaban J connectivity index is 4.33. The summed E-state index contributed by atoms with van der Waals surface area (Å²) in [5, 5.41) is 9.50. The SMILES string of the molecule is CCC(O)(C#CC(N)=O)CC. The fraction of sp³-hybridized carbons (Fsp3) is 0.625. The number of hydrogen-bond acceptors (Lipinski definition) is 2. The number of hydrogen-bond donors (Lipinski definition) is 2. The Bertz CT molecular complexity index is 196. The Hall–Kier alpha value is -1.01. The van der Waals surface area contributed by atoms with Crippen LogP contribution in [-0.2, 0) is 4.79 Å². The monoisotopic (exact) mass is 155 g/mol. The molecule has 11 heavy (non-hydrogen) atoms. The molecular weight excluding hydrogens is 142 g/mol. The molecule has 3 nitrogen and oxygen atoms in total. The molecule has 0 bridgehead atoms. The minimum absolute atomic E-state index is 0.504. The highest BCUT2D eigenvalue weighted by molar-refractivity contribution is 5.92. The molecule has 0 aromatic rings. The van der Waals surface area contributed by atoms with Crippen LogP contribution in [0.4, 0.5) is 0 Å². The lowest BCUT2D eigenvalue weighted by molar-refractivity contribution is -0.112. The second-order valence-corrected chi connectivity index (χ2v) is 2.35. The molecule has 0 spiro atoms. The average Bonchev–Trinajstić information content (AvgIpc) is 2.00. The van der Waals surface area contributed by atoms with E-state index in [1.54, 1.807) is 13.8 Å². The van der Waals surface area contributed by atoms with Crippen molar-refractivity contribution >= 4 is 5.91 Å². The van der Waals surface area contributed by atoms with E-state index >= 15 is 0 Å². The van der Waals surface area contributed by atoms with Gasteiger partial charge in [0.2, 0.25) is 0 Å². The molecule has 0 saturated carbocycles. The van der Waals surface area contributed by atoms with Gasteiger partial charge in [0, 0.05) is 0 Å². The predicted molar refractivity (Wildman–Crippen MR) is 42.5 cm³/mol. The molecular formula is C8H13NO2. The van der Waals surface area contributed by atoms with E-state index in [-0.39, 0.29) is 0 Å². The van der Waals surface area contributed by atoms with Gasteiger partial charge in [-0.05, 0) is 18.8 Å². The van der Waals surface area contributed by atoms with Crippen LogP contribution in [0, 0.1) is 11.8 Å². The van der Waals surface area contributed by atoms with Crippen molar-refractivity contribution in [1.29, 1.82) is 0 Å². The largest absolute Gasteiger partial charge is 0.378 e. The molecule has 0 aromatic carbocycles. The maximum Gasteiger partial charge on any atom is 0.293 e. The topological polar surface area (TPSA) is 63.3 Å². The number of carbonyl (C=O) groups excluding carboxylic acids is 1. The summed E-state index contributed by atoms with van der Waals surface area (Å²) in [7, 11) is 0. The number of amides is 1. The zero-order chi connectivity index (χ0) is 8.91. The molecule has 3 N–H and O–H groups in total. The molecule has 62 valence electrons. The lowest BCUT2D eigenvalue weighted by Gasteiger charge is -2.16. The van der Waals surface area contributed by atoms with Gasteiger partial charge in [0.05, 0.1) is 0 Å². The summed E-state index contributed by atoms with van der Waals surface area (Å²) >= 11 is 0. The molecule has 0 aliphatic rings. The van der Waals surface area contributed by atoms with Crippen LogP contribution in [0.2, 0.25) is 0 Å². The summed E-state index contributed by atoms with van der Waals surface area (Å²) in [6.07, 6.45) is 1.01. The van der Waals surface area contributed by atoms with Gasteiger partial charge in [-0.2, -0.15) is 0 Å². The summed E-state index contributed by atoms with van der Waals surface area (Å²) < 4.78 is 0. The van der Waals surface area contributed by atoms with Gasteiger partial charge in [-0.15, -0.1) is 0 Å². The van der Waals surface area contributed by atoms with Crippen LogP contribution >= 0.6 is 0 Å². The standard InChI is InChI=1S/C8H13NO2/c1-3-8(11,4-2)6-5-7(9)10/h11H,3-4H2,1-2H3,(H2,9,10). The Morgan fingerprint density at radius 3 is 2.27 bits per heavy atom. The highest BCUT2D eigenvalue weighted by atomic mass is 16.3. The van der Waals surface area contributed by atoms with Crippen LogP contribution in [-0.4, -0.2) is 16.6 Å². The number of carbonyl (C=O) groups is 1. The van der Waals surface area contributed by atoms with Crippen molar-refractivity contribution < 1.29 is 9.90 Å². The predicted octanol–water partition coefficient (Wildman–Crippen LogP) is 0.0262. The quantitative estimate of drug-likeness (QED) is 0.552. The minimum atomic E-state index is -1.05. The first-order chi connectivity index (χ1) is 5.04. The molecule has 0 atom stereocenters. The molecule has 0 heterocycles. The molecule has 0 rings (SSSR count). The van der Waals surface area contributed by atoms with E-state index in [4.69, 9.17) is 5.73 Å². The molecule has 0 saturated heterocycles. The number of nitrogens with two attached hydrogens (primary N) is 1. The third kappa shape index (κ3) is 3.64. The Morgan fingerprint density at radius 2 is 2.00 bits per heavy atom. The second kappa shape index (κ2) is 3.99. The van der Waals surface area contributed by atoms with Crippen molar-refractivity contribution in [3.05, 3.63) is 0 Å². The van der Waals surface area contributed by atoms with E-state index in [1.807, 2.05) is 0 Å². The Morgan fingerprint density at radius 1 is 1.55 bits per heavy atom. The van der Waals surface area contributed by atoms with Gasteiger partial charge in [0.25, 0.3) is 5.91 Å². The lowest BCUT2D eigenvalue weighted by Crippen LogP contribution is -2.24. The highest BCUT2D eigenvalue weighted by Crippen LogP contribution is 2.11. The number of primary amides is 1. The van der Waals surface area contributed by atoms with Crippen LogP contribution < -0.4 is 5.73 Å². The molecule has 0 aliphatic heterocycles. The van der Waals surface area contributed by atoms with Gasteiger partial charge in [-0.25, -0.2) is 0 Å². The summed E-state index contributed by atoms with van der Waals surface area (Å²) in [6.45, 7) is 3.61. The highest BCUT2D eigenvalue weighted by Gasteiger charge is 2.17. The fourth-order valence-electron chi connectivity index (χ4n) is 0.605. The first kappa shape index (κ1) is 9.99. The fourth-order valence-corrected chi connectivity index (χ4v) is 0.605. The van der Waals surface area contributed by atoms with Crippen LogP contribution in [0.5, 0.6) is 0 Å². The molecule has 1 amide bonds. The summed E-state index contributed by atoms with van der Waals surface area (Å²) in [5.41, 5.74) is 3.74. The Kier molecular flexibility index (Phi) is 3.63. The van der Waals surface area contributed by atoms with Gasteiger partial charge >= 0.3 is 0 Å². The maximum atomic E-state index is 10.2. The lowest BCUT2D eigenvalue weighted by atomic mass is 9.98. The molecule has 0 aliphatic carbocycles. The van der Waals surface area contributed by atoms with Crippen molar-refractivity contribution in [2.45, 2.75) is 32.3 Å². The van der Waals surface area contributed by atoms with Crippen molar-refractivity contribution in [1.82, 2.24) is 0 Å². The van der Waals surface area contributed by atoms with Crippen molar-refractivity contribution in [2.75, 3.05) is 0 Å². The molecule has 0 aromatic heterocycles. The zero-order valence-electron chi connectivity index (χ0n) is 6.85. The first-order valence-corrected chi connectivity index (χ1v) is 3.59. The van der Waals surface area contributed by atoms with Crippen LogP contribution in [0.1, 0.15) is 26.7 Å². The van der Waals surface area contributed by atoms with Crippen molar-refractivity contribution in [3.8, 4) is 11.8 Å². The summed E-state index contributed by atoms with van der Waals surface area (Å²) in [5.74, 6) is 3.85. The number of rotatable bonds is 2. The molecule has 0 unspecified atom stereocenters. The van der Waals surface area contributed by atoms with Gasteiger partial charge in [0.1, 0.15) is 5.60 Å². The Labute approximate surface area is 66.6 Å².